The SMILES string of the molecule is CC.Oc1c2ccccc2c(O)c2ccccc12.[CH3-].[Y]. The molecule has 0 aliphatic rings. The van der Waals surface area contributed by atoms with E-state index in [1.165, 1.54) is 0 Å². The molecule has 3 aromatic rings. The van der Waals surface area contributed by atoms with E-state index < -0.39 is 0 Å². The topological polar surface area (TPSA) is 40.5 Å². The molecule has 103 valence electrons. The van der Waals surface area contributed by atoms with Crippen molar-refractivity contribution in [2.75, 3.05) is 0 Å². The molecule has 0 saturated heterocycles. The van der Waals surface area contributed by atoms with Gasteiger partial charge < -0.3 is 17.6 Å². The monoisotopic (exact) mass is 344 g/mol. The van der Waals surface area contributed by atoms with Crippen molar-refractivity contribution in [2.45, 2.75) is 13.8 Å². The first-order chi connectivity index (χ1) is 8.79. The number of rotatable bonds is 0. The third kappa shape index (κ3) is 3.13. The Morgan fingerprint density at radius 1 is 0.600 bits per heavy atom. The normalized spacial score (nSPS) is 9.10. The average molecular weight is 344 g/mol. The predicted molar refractivity (Wildman–Crippen MR) is 82.5 cm³/mol. The summed E-state index contributed by atoms with van der Waals surface area (Å²) < 4.78 is 0. The molecule has 3 rings (SSSR count). The van der Waals surface area contributed by atoms with Gasteiger partial charge in [0.2, 0.25) is 0 Å². The van der Waals surface area contributed by atoms with Gasteiger partial charge in [-0.15, -0.1) is 0 Å². The summed E-state index contributed by atoms with van der Waals surface area (Å²) in [4.78, 5) is 0. The summed E-state index contributed by atoms with van der Waals surface area (Å²) >= 11 is 0. The molecule has 2 N–H and O–H groups in total. The van der Waals surface area contributed by atoms with E-state index in [0.29, 0.717) is 21.5 Å². The first kappa shape index (κ1) is 18.9. The van der Waals surface area contributed by atoms with E-state index in [2.05, 4.69) is 0 Å². The smallest absolute Gasteiger partial charge is 0.131 e. The fourth-order valence-electron chi connectivity index (χ4n) is 2.08. The Bertz CT molecular complexity index is 576. The Morgan fingerprint density at radius 2 is 0.800 bits per heavy atom. The molecule has 1 radical (unpaired) electrons. The summed E-state index contributed by atoms with van der Waals surface area (Å²) in [6.45, 7) is 4.00. The van der Waals surface area contributed by atoms with Crippen molar-refractivity contribution >= 4 is 21.5 Å². The van der Waals surface area contributed by atoms with Gasteiger partial charge in [-0.05, 0) is 0 Å². The predicted octanol–water partition coefficient (Wildman–Crippen LogP) is 4.88. The zero-order chi connectivity index (χ0) is 13.1. The fraction of sp³-hybridized carbons (Fsp3) is 0.118. The van der Waals surface area contributed by atoms with E-state index in [0.717, 1.165) is 0 Å². The molecule has 0 aliphatic heterocycles. The number of benzene rings is 3. The maximum atomic E-state index is 10.1. The molecule has 0 aromatic heterocycles. The molecule has 0 atom stereocenters. The maximum absolute atomic E-state index is 10.1. The molecule has 3 heteroatoms. The number of hydrogen-bond donors (Lipinski definition) is 2. The first-order valence-corrected chi connectivity index (χ1v) is 6.10. The molecular weight excluding hydrogens is 325 g/mol. The van der Waals surface area contributed by atoms with Crippen molar-refractivity contribution in [1.82, 2.24) is 0 Å². The van der Waals surface area contributed by atoms with Crippen LogP contribution in [0.1, 0.15) is 13.8 Å². The molecule has 0 heterocycles. The van der Waals surface area contributed by atoms with Crippen LogP contribution in [0.3, 0.4) is 0 Å². The van der Waals surface area contributed by atoms with Crippen LogP contribution in [-0.4, -0.2) is 10.2 Å². The number of hydrogen-bond acceptors (Lipinski definition) is 2. The van der Waals surface area contributed by atoms with Gasteiger partial charge in [0.1, 0.15) is 11.5 Å². The summed E-state index contributed by atoms with van der Waals surface area (Å²) in [5, 5.41) is 23.0. The molecule has 0 bridgehead atoms. The van der Waals surface area contributed by atoms with E-state index in [9.17, 15) is 10.2 Å². The van der Waals surface area contributed by atoms with Crippen LogP contribution in [0, 0.1) is 7.43 Å². The molecule has 0 aliphatic carbocycles. The standard InChI is InChI=1S/C14H10O2.C2H6.CH3.Y/c15-13-9-5-1-2-6-10(9)14(16)12-8-4-3-7-11(12)13;1-2;;/h1-8,15-16H;1-2H3;1H3;/q;;-1;. The second kappa shape index (κ2) is 8.23. The summed E-state index contributed by atoms with van der Waals surface area (Å²) in [6, 6.07) is 14.6. The molecular formula is C17H19O2Y-. The largest absolute Gasteiger partial charge is 0.507 e. The fourth-order valence-corrected chi connectivity index (χ4v) is 2.08. The average Bonchev–Trinajstić information content (AvgIpc) is 2.47. The maximum Gasteiger partial charge on any atom is 0.131 e. The van der Waals surface area contributed by atoms with Crippen LogP contribution >= 0.6 is 0 Å². The van der Waals surface area contributed by atoms with Crippen molar-refractivity contribution in [2.24, 2.45) is 0 Å². The van der Waals surface area contributed by atoms with Crippen molar-refractivity contribution in [3.05, 3.63) is 56.0 Å². The number of aromatic hydroxyl groups is 2. The third-order valence-corrected chi connectivity index (χ3v) is 2.87. The van der Waals surface area contributed by atoms with E-state index in [1.807, 2.05) is 38.1 Å². The van der Waals surface area contributed by atoms with Gasteiger partial charge in [-0.2, -0.15) is 0 Å². The minimum atomic E-state index is 0. The van der Waals surface area contributed by atoms with Gasteiger partial charge in [-0.25, -0.2) is 0 Å². The summed E-state index contributed by atoms with van der Waals surface area (Å²) in [7, 11) is 0. The molecule has 3 aromatic carbocycles. The molecule has 2 nitrogen and oxygen atoms in total. The van der Waals surface area contributed by atoms with Gasteiger partial charge in [-0.1, -0.05) is 62.4 Å². The minimum absolute atomic E-state index is 0. The van der Waals surface area contributed by atoms with Crippen LogP contribution in [0.4, 0.5) is 0 Å². The summed E-state index contributed by atoms with van der Waals surface area (Å²) in [5.74, 6) is 0.452. The molecule has 0 saturated carbocycles. The molecule has 0 unspecified atom stereocenters. The van der Waals surface area contributed by atoms with Gasteiger partial charge in [0.15, 0.2) is 0 Å². The van der Waals surface area contributed by atoms with Crippen LogP contribution in [0.15, 0.2) is 48.5 Å². The zero-order valence-electron chi connectivity index (χ0n) is 12.1. The van der Waals surface area contributed by atoms with Gasteiger partial charge in [-0.3, -0.25) is 0 Å². The van der Waals surface area contributed by atoms with Crippen molar-refractivity contribution < 1.29 is 42.9 Å². The van der Waals surface area contributed by atoms with E-state index in [-0.39, 0.29) is 51.6 Å². The second-order valence-electron chi connectivity index (χ2n) is 3.79. The van der Waals surface area contributed by atoms with E-state index in [1.54, 1.807) is 24.3 Å². The Hall–Kier alpha value is -1.12. The first-order valence-electron chi connectivity index (χ1n) is 6.10. The summed E-state index contributed by atoms with van der Waals surface area (Å²) in [5.41, 5.74) is 0. The quantitative estimate of drug-likeness (QED) is 0.347. The summed E-state index contributed by atoms with van der Waals surface area (Å²) in [6.07, 6.45) is 0. The molecule has 0 spiro atoms. The Kier molecular flexibility index (Phi) is 7.77. The van der Waals surface area contributed by atoms with Gasteiger partial charge in [0.25, 0.3) is 0 Å². The van der Waals surface area contributed by atoms with Crippen LogP contribution in [0.25, 0.3) is 21.5 Å². The van der Waals surface area contributed by atoms with E-state index in [4.69, 9.17) is 0 Å². The molecule has 0 amide bonds. The van der Waals surface area contributed by atoms with Crippen LogP contribution in [-0.2, 0) is 32.7 Å². The van der Waals surface area contributed by atoms with Crippen LogP contribution in [0.2, 0.25) is 0 Å². The molecule has 0 fully saturated rings. The van der Waals surface area contributed by atoms with Gasteiger partial charge in [0.05, 0.1) is 0 Å². The van der Waals surface area contributed by atoms with Crippen molar-refractivity contribution in [3.63, 3.8) is 0 Å². The minimum Gasteiger partial charge on any atom is -0.507 e. The number of phenols is 2. The van der Waals surface area contributed by atoms with Crippen LogP contribution in [0.5, 0.6) is 11.5 Å². The van der Waals surface area contributed by atoms with E-state index >= 15 is 0 Å². The second-order valence-corrected chi connectivity index (χ2v) is 3.79. The van der Waals surface area contributed by atoms with Gasteiger partial charge in [0, 0.05) is 54.3 Å². The number of fused-ring (bicyclic) bond motifs is 2. The Morgan fingerprint density at radius 3 is 1.00 bits per heavy atom. The zero-order valence-corrected chi connectivity index (χ0v) is 14.9. The van der Waals surface area contributed by atoms with Gasteiger partial charge >= 0.3 is 0 Å². The van der Waals surface area contributed by atoms with Crippen LogP contribution < -0.4 is 0 Å². The Balaban J connectivity index is 0.000000866. The van der Waals surface area contributed by atoms with Crippen molar-refractivity contribution in [1.29, 1.82) is 0 Å². The number of phenolic OH excluding ortho intramolecular Hbond substituents is 2. The third-order valence-electron chi connectivity index (χ3n) is 2.87. The van der Waals surface area contributed by atoms with Crippen molar-refractivity contribution in [3.8, 4) is 11.5 Å². The Labute approximate surface area is 145 Å². The molecule has 20 heavy (non-hydrogen) atoms.